The summed E-state index contributed by atoms with van der Waals surface area (Å²) in [6.07, 6.45) is 7.82. The molecule has 1 aliphatic heterocycles. The third-order valence-corrected chi connectivity index (χ3v) is 5.91. The molecule has 6 heteroatoms. The quantitative estimate of drug-likeness (QED) is 0.606. The molecule has 1 aliphatic carbocycles. The lowest BCUT2D eigenvalue weighted by atomic mass is 9.87. The minimum Gasteiger partial charge on any atom is -0.317 e. The number of rotatable bonds is 6. The van der Waals surface area contributed by atoms with Crippen LogP contribution in [0.4, 0.5) is 0 Å². The first kappa shape index (κ1) is 16.8. The van der Waals surface area contributed by atoms with Crippen LogP contribution in [0.25, 0.3) is 11.0 Å². The Morgan fingerprint density at radius 2 is 2.08 bits per heavy atom. The Morgan fingerprint density at radius 1 is 1.24 bits per heavy atom. The molecule has 2 aromatic heterocycles. The van der Waals surface area contributed by atoms with Crippen molar-refractivity contribution in [1.29, 1.82) is 0 Å². The maximum absolute atomic E-state index is 12.3. The van der Waals surface area contributed by atoms with E-state index in [1.807, 2.05) is 0 Å². The molecule has 2 aliphatic rings. The first-order chi connectivity index (χ1) is 12.3. The molecule has 0 aromatic carbocycles. The number of nitrogens with one attached hydrogen (secondary N) is 4. The van der Waals surface area contributed by atoms with E-state index in [4.69, 9.17) is 0 Å². The Balaban J connectivity index is 1.65. The van der Waals surface area contributed by atoms with E-state index in [9.17, 15) is 4.79 Å². The molecular weight excluding hydrogens is 314 g/mol. The number of aryl methyl sites for hydroxylation is 1. The number of hydrogen-bond donors (Lipinski definition) is 4. The van der Waals surface area contributed by atoms with Crippen molar-refractivity contribution in [3.63, 3.8) is 0 Å². The molecule has 2 aromatic rings. The van der Waals surface area contributed by atoms with Gasteiger partial charge in [0.15, 0.2) is 5.65 Å². The highest BCUT2D eigenvalue weighted by Crippen LogP contribution is 2.37. The van der Waals surface area contributed by atoms with Crippen LogP contribution in [0.3, 0.4) is 0 Å². The molecule has 1 saturated heterocycles. The van der Waals surface area contributed by atoms with E-state index in [0.29, 0.717) is 12.0 Å². The maximum Gasteiger partial charge on any atom is 0.253 e. The lowest BCUT2D eigenvalue weighted by Gasteiger charge is -2.21. The van der Waals surface area contributed by atoms with Crippen molar-refractivity contribution in [2.75, 3.05) is 19.6 Å². The first-order valence-electron chi connectivity index (χ1n) is 9.85. The molecule has 2 atom stereocenters. The Kier molecular flexibility index (Phi) is 4.90. The van der Waals surface area contributed by atoms with Gasteiger partial charge in [-0.3, -0.25) is 9.89 Å². The third kappa shape index (κ3) is 3.13. The molecule has 4 rings (SSSR count). The van der Waals surface area contributed by atoms with Crippen LogP contribution >= 0.6 is 0 Å². The van der Waals surface area contributed by atoms with Crippen molar-refractivity contribution < 1.29 is 0 Å². The Morgan fingerprint density at radius 3 is 2.92 bits per heavy atom. The number of aromatic nitrogens is 3. The monoisotopic (exact) mass is 343 g/mol. The summed E-state index contributed by atoms with van der Waals surface area (Å²) >= 11 is 0. The van der Waals surface area contributed by atoms with E-state index >= 15 is 0 Å². The summed E-state index contributed by atoms with van der Waals surface area (Å²) in [5.74, 6) is 0.633. The van der Waals surface area contributed by atoms with Gasteiger partial charge >= 0.3 is 0 Å². The van der Waals surface area contributed by atoms with E-state index in [1.54, 1.807) is 0 Å². The van der Waals surface area contributed by atoms with Crippen LogP contribution in [0.2, 0.25) is 0 Å². The van der Waals surface area contributed by atoms with E-state index < -0.39 is 0 Å². The second kappa shape index (κ2) is 7.30. The zero-order valence-electron chi connectivity index (χ0n) is 15.1. The normalized spacial score (nSPS) is 23.2. The van der Waals surface area contributed by atoms with Crippen molar-refractivity contribution in [3.05, 3.63) is 27.2 Å². The van der Waals surface area contributed by atoms with Crippen LogP contribution in [0.5, 0.6) is 0 Å². The fraction of sp³-hybridized carbons (Fsp3) is 0.684. The smallest absolute Gasteiger partial charge is 0.253 e. The molecule has 1 fully saturated rings. The molecule has 0 spiro atoms. The Hall–Kier alpha value is -1.66. The molecule has 0 radical (unpaired) electrons. The Bertz CT molecular complexity index is 793. The maximum atomic E-state index is 12.3. The van der Waals surface area contributed by atoms with Crippen molar-refractivity contribution in [1.82, 2.24) is 25.8 Å². The third-order valence-electron chi connectivity index (χ3n) is 5.91. The molecule has 2 unspecified atom stereocenters. The molecule has 0 bridgehead atoms. The summed E-state index contributed by atoms with van der Waals surface area (Å²) < 4.78 is 0. The predicted molar refractivity (Wildman–Crippen MR) is 100.0 cm³/mol. The first-order valence-corrected chi connectivity index (χ1v) is 9.85. The van der Waals surface area contributed by atoms with Gasteiger partial charge in [-0.1, -0.05) is 6.92 Å². The zero-order valence-corrected chi connectivity index (χ0v) is 15.1. The standard InChI is InChI=1S/C19H29N5O/c1-2-20-10-5-6-12-9-11-21-16(12)17-15-13-7-3-4-8-14(13)19(25)22-18(15)24-23-17/h12,16,20-21H,2-11H2,1H3,(H2,22,23,24,25). The van der Waals surface area contributed by atoms with Crippen LogP contribution in [0.1, 0.15) is 61.9 Å². The van der Waals surface area contributed by atoms with Crippen LogP contribution in [-0.2, 0) is 12.8 Å². The lowest BCUT2D eigenvalue weighted by molar-refractivity contribution is 0.409. The SMILES string of the molecule is CCNCCCC1CCNC1c1[nH]nc2[nH]c(=O)c3c(c12)CCCC3. The molecule has 0 saturated carbocycles. The molecule has 6 nitrogen and oxygen atoms in total. The van der Waals surface area contributed by atoms with Crippen molar-refractivity contribution >= 4 is 11.0 Å². The van der Waals surface area contributed by atoms with Crippen molar-refractivity contribution in [3.8, 4) is 0 Å². The number of H-pyrrole nitrogens is 2. The van der Waals surface area contributed by atoms with Crippen LogP contribution in [-0.4, -0.2) is 34.8 Å². The van der Waals surface area contributed by atoms with Crippen molar-refractivity contribution in [2.24, 2.45) is 5.92 Å². The average molecular weight is 343 g/mol. The van der Waals surface area contributed by atoms with Gasteiger partial charge in [-0.15, -0.1) is 0 Å². The molecular formula is C19H29N5O. The minimum absolute atomic E-state index is 0.0572. The van der Waals surface area contributed by atoms with E-state index in [2.05, 4.69) is 32.7 Å². The topological polar surface area (TPSA) is 85.6 Å². The number of nitrogens with zero attached hydrogens (tertiary/aromatic N) is 1. The second-order valence-corrected chi connectivity index (χ2v) is 7.46. The molecule has 25 heavy (non-hydrogen) atoms. The van der Waals surface area contributed by atoms with Gasteiger partial charge in [0.2, 0.25) is 0 Å². The van der Waals surface area contributed by atoms with E-state index in [0.717, 1.165) is 50.1 Å². The number of aromatic amines is 2. The number of pyridine rings is 1. The molecule has 3 heterocycles. The van der Waals surface area contributed by atoms with Crippen LogP contribution < -0.4 is 16.2 Å². The summed E-state index contributed by atoms with van der Waals surface area (Å²) in [4.78, 5) is 15.3. The van der Waals surface area contributed by atoms with Gasteiger partial charge in [-0.2, -0.15) is 5.10 Å². The average Bonchev–Trinajstić information content (AvgIpc) is 3.25. The predicted octanol–water partition coefficient (Wildman–Crippen LogP) is 2.17. The Labute approximate surface area is 148 Å². The number of hydrogen-bond acceptors (Lipinski definition) is 4. The van der Waals surface area contributed by atoms with Gasteiger partial charge in [0.05, 0.1) is 11.7 Å². The number of fused-ring (bicyclic) bond motifs is 3. The van der Waals surface area contributed by atoms with Gasteiger partial charge in [-0.05, 0) is 76.1 Å². The van der Waals surface area contributed by atoms with Crippen LogP contribution in [0.15, 0.2) is 4.79 Å². The summed E-state index contributed by atoms with van der Waals surface area (Å²) in [6.45, 7) is 5.34. The van der Waals surface area contributed by atoms with E-state index in [-0.39, 0.29) is 5.56 Å². The van der Waals surface area contributed by atoms with E-state index in [1.165, 1.54) is 42.3 Å². The molecule has 136 valence electrons. The summed E-state index contributed by atoms with van der Waals surface area (Å²) in [6, 6.07) is 0.323. The van der Waals surface area contributed by atoms with Gasteiger partial charge in [0.1, 0.15) is 0 Å². The lowest BCUT2D eigenvalue weighted by Crippen LogP contribution is -2.22. The fourth-order valence-electron chi connectivity index (χ4n) is 4.66. The molecule has 0 amide bonds. The van der Waals surface area contributed by atoms with Crippen LogP contribution in [0, 0.1) is 5.92 Å². The minimum atomic E-state index is 0.0572. The highest BCUT2D eigenvalue weighted by Gasteiger charge is 2.32. The highest BCUT2D eigenvalue weighted by molar-refractivity contribution is 5.83. The van der Waals surface area contributed by atoms with Gasteiger partial charge in [0.25, 0.3) is 5.56 Å². The highest BCUT2D eigenvalue weighted by atomic mass is 16.1. The zero-order chi connectivity index (χ0) is 17.2. The second-order valence-electron chi connectivity index (χ2n) is 7.46. The van der Waals surface area contributed by atoms with Gasteiger partial charge < -0.3 is 15.6 Å². The van der Waals surface area contributed by atoms with Crippen molar-refractivity contribution in [2.45, 2.75) is 57.9 Å². The molecule has 4 N–H and O–H groups in total. The largest absolute Gasteiger partial charge is 0.317 e. The fourth-order valence-corrected chi connectivity index (χ4v) is 4.66. The summed E-state index contributed by atoms with van der Waals surface area (Å²) in [7, 11) is 0. The van der Waals surface area contributed by atoms with Gasteiger partial charge in [-0.25, -0.2) is 0 Å². The summed E-state index contributed by atoms with van der Waals surface area (Å²) in [5, 5.41) is 16.0. The summed E-state index contributed by atoms with van der Waals surface area (Å²) in [5.41, 5.74) is 4.22. The van der Waals surface area contributed by atoms with Gasteiger partial charge in [0, 0.05) is 10.9 Å².